The fourth-order valence-electron chi connectivity index (χ4n) is 2.21. The molecule has 0 bridgehead atoms. The molecule has 0 radical (unpaired) electrons. The highest BCUT2D eigenvalue weighted by Crippen LogP contribution is 2.17. The molecule has 142 valence electrons. The molecule has 1 aromatic heterocycles. The standard InChI is InChI=1S/C19H27FN4O2/c1-5-21-19(23-12-15-10-17(13(2)3)24-26-15)22-11-14(4)25-18-9-7-6-8-16(18)20/h6-10,13-14H,5,11-12H2,1-4H3,(H2,21,22,23). The number of para-hydroxylation sites is 1. The number of rotatable bonds is 8. The van der Waals surface area contributed by atoms with Crippen LogP contribution in [-0.4, -0.2) is 30.3 Å². The number of benzene rings is 1. The molecule has 0 spiro atoms. The lowest BCUT2D eigenvalue weighted by molar-refractivity contribution is 0.214. The Morgan fingerprint density at radius 2 is 2.04 bits per heavy atom. The fourth-order valence-corrected chi connectivity index (χ4v) is 2.21. The normalized spacial score (nSPS) is 12.9. The van der Waals surface area contributed by atoms with E-state index in [0.717, 1.165) is 12.2 Å². The van der Waals surface area contributed by atoms with E-state index in [2.05, 4.69) is 34.6 Å². The lowest BCUT2D eigenvalue weighted by Gasteiger charge is -2.17. The first-order valence-corrected chi connectivity index (χ1v) is 8.88. The van der Waals surface area contributed by atoms with E-state index in [1.807, 2.05) is 19.9 Å². The smallest absolute Gasteiger partial charge is 0.191 e. The molecule has 1 atom stereocenters. The largest absolute Gasteiger partial charge is 0.486 e. The molecule has 0 saturated carbocycles. The summed E-state index contributed by atoms with van der Waals surface area (Å²) >= 11 is 0. The van der Waals surface area contributed by atoms with Gasteiger partial charge in [0.2, 0.25) is 0 Å². The number of hydrogen-bond acceptors (Lipinski definition) is 4. The molecular weight excluding hydrogens is 335 g/mol. The van der Waals surface area contributed by atoms with Gasteiger partial charge in [-0.25, -0.2) is 9.38 Å². The number of aliphatic imine (C=N–C) groups is 1. The van der Waals surface area contributed by atoms with E-state index >= 15 is 0 Å². The molecule has 1 aromatic carbocycles. The lowest BCUT2D eigenvalue weighted by atomic mass is 10.1. The molecule has 0 saturated heterocycles. The van der Waals surface area contributed by atoms with Gasteiger partial charge in [0.25, 0.3) is 0 Å². The van der Waals surface area contributed by atoms with Crippen LogP contribution in [0.25, 0.3) is 0 Å². The number of guanidine groups is 1. The van der Waals surface area contributed by atoms with Crippen molar-refractivity contribution < 1.29 is 13.7 Å². The van der Waals surface area contributed by atoms with E-state index in [1.165, 1.54) is 6.07 Å². The molecular formula is C19H27FN4O2. The van der Waals surface area contributed by atoms with Gasteiger partial charge in [0.15, 0.2) is 23.3 Å². The first-order chi connectivity index (χ1) is 12.5. The van der Waals surface area contributed by atoms with Crippen LogP contribution in [0.1, 0.15) is 45.1 Å². The van der Waals surface area contributed by atoms with Crippen molar-refractivity contribution in [2.75, 3.05) is 13.1 Å². The second-order valence-corrected chi connectivity index (χ2v) is 6.31. The van der Waals surface area contributed by atoms with Crippen molar-refractivity contribution in [1.29, 1.82) is 0 Å². The molecule has 0 fully saturated rings. The first-order valence-electron chi connectivity index (χ1n) is 8.88. The maximum Gasteiger partial charge on any atom is 0.191 e. The van der Waals surface area contributed by atoms with Crippen LogP contribution in [0.5, 0.6) is 5.75 Å². The monoisotopic (exact) mass is 362 g/mol. The minimum atomic E-state index is -0.369. The second kappa shape index (κ2) is 9.79. The molecule has 1 heterocycles. The number of hydrogen-bond donors (Lipinski definition) is 2. The van der Waals surface area contributed by atoms with Crippen molar-refractivity contribution in [2.45, 2.75) is 46.3 Å². The predicted octanol–water partition coefficient (Wildman–Crippen LogP) is 3.46. The van der Waals surface area contributed by atoms with Crippen LogP contribution in [0, 0.1) is 5.82 Å². The van der Waals surface area contributed by atoms with Gasteiger partial charge < -0.3 is 19.9 Å². The highest BCUT2D eigenvalue weighted by atomic mass is 19.1. The number of nitrogens with zero attached hydrogens (tertiary/aromatic N) is 2. The van der Waals surface area contributed by atoms with Crippen LogP contribution in [0.2, 0.25) is 0 Å². The number of ether oxygens (including phenoxy) is 1. The summed E-state index contributed by atoms with van der Waals surface area (Å²) in [7, 11) is 0. The average Bonchev–Trinajstić information content (AvgIpc) is 3.09. The molecule has 6 nitrogen and oxygen atoms in total. The van der Waals surface area contributed by atoms with Gasteiger partial charge in [-0.15, -0.1) is 0 Å². The summed E-state index contributed by atoms with van der Waals surface area (Å²) in [4.78, 5) is 4.48. The van der Waals surface area contributed by atoms with Gasteiger partial charge in [0.1, 0.15) is 12.6 Å². The third kappa shape index (κ3) is 6.06. The second-order valence-electron chi connectivity index (χ2n) is 6.31. The maximum atomic E-state index is 13.6. The van der Waals surface area contributed by atoms with E-state index < -0.39 is 0 Å². The van der Waals surface area contributed by atoms with Crippen LogP contribution in [0.3, 0.4) is 0 Å². The predicted molar refractivity (Wildman–Crippen MR) is 99.9 cm³/mol. The highest BCUT2D eigenvalue weighted by Gasteiger charge is 2.10. The summed E-state index contributed by atoms with van der Waals surface area (Å²) in [6.07, 6.45) is -0.228. The van der Waals surface area contributed by atoms with Gasteiger partial charge in [0, 0.05) is 12.6 Å². The Kier molecular flexibility index (Phi) is 7.44. The summed E-state index contributed by atoms with van der Waals surface area (Å²) < 4.78 is 24.5. The summed E-state index contributed by atoms with van der Waals surface area (Å²) in [6.45, 7) is 9.57. The van der Waals surface area contributed by atoms with Gasteiger partial charge in [-0.1, -0.05) is 31.1 Å². The van der Waals surface area contributed by atoms with Crippen LogP contribution in [-0.2, 0) is 6.54 Å². The molecule has 26 heavy (non-hydrogen) atoms. The topological polar surface area (TPSA) is 71.7 Å². The van der Waals surface area contributed by atoms with Crippen LogP contribution in [0.4, 0.5) is 4.39 Å². The van der Waals surface area contributed by atoms with Crippen LogP contribution in [0.15, 0.2) is 39.8 Å². The van der Waals surface area contributed by atoms with Gasteiger partial charge in [-0.05, 0) is 31.9 Å². The number of halogens is 1. The highest BCUT2D eigenvalue weighted by molar-refractivity contribution is 5.79. The first kappa shape index (κ1) is 19.8. The van der Waals surface area contributed by atoms with Gasteiger partial charge in [-0.2, -0.15) is 0 Å². The van der Waals surface area contributed by atoms with Gasteiger partial charge in [-0.3, -0.25) is 0 Å². The fraction of sp³-hybridized carbons (Fsp3) is 0.474. The Morgan fingerprint density at radius 3 is 2.69 bits per heavy atom. The SMILES string of the molecule is CCNC(=NCc1cc(C(C)C)no1)NCC(C)Oc1ccccc1F. The summed E-state index contributed by atoms with van der Waals surface area (Å²) in [5.74, 6) is 1.54. The Labute approximate surface area is 153 Å². The summed E-state index contributed by atoms with van der Waals surface area (Å²) in [5, 5.41) is 10.4. The zero-order valence-electron chi connectivity index (χ0n) is 15.8. The van der Waals surface area contributed by atoms with Crippen molar-refractivity contribution >= 4 is 5.96 Å². The third-order valence-corrected chi connectivity index (χ3v) is 3.63. The molecule has 0 aliphatic carbocycles. The Bertz CT molecular complexity index is 715. The van der Waals surface area contributed by atoms with Gasteiger partial charge in [0.05, 0.1) is 12.2 Å². The van der Waals surface area contributed by atoms with E-state index in [0.29, 0.717) is 30.7 Å². The molecule has 7 heteroatoms. The van der Waals surface area contributed by atoms with E-state index in [1.54, 1.807) is 18.2 Å². The molecule has 2 rings (SSSR count). The number of aromatic nitrogens is 1. The van der Waals surface area contributed by atoms with E-state index in [-0.39, 0.29) is 17.7 Å². The summed E-state index contributed by atoms with van der Waals surface area (Å²) in [5.41, 5.74) is 0.917. The minimum Gasteiger partial charge on any atom is -0.486 e. The zero-order chi connectivity index (χ0) is 18.9. The number of nitrogens with one attached hydrogen (secondary N) is 2. The molecule has 2 N–H and O–H groups in total. The quantitative estimate of drug-likeness (QED) is 0.556. The Balaban J connectivity index is 1.89. The zero-order valence-corrected chi connectivity index (χ0v) is 15.8. The van der Waals surface area contributed by atoms with Crippen molar-refractivity contribution in [3.05, 3.63) is 47.6 Å². The van der Waals surface area contributed by atoms with Crippen molar-refractivity contribution in [3.63, 3.8) is 0 Å². The lowest BCUT2D eigenvalue weighted by Crippen LogP contribution is -2.41. The third-order valence-electron chi connectivity index (χ3n) is 3.63. The van der Waals surface area contributed by atoms with Crippen molar-refractivity contribution in [2.24, 2.45) is 4.99 Å². The molecule has 0 aliphatic rings. The van der Waals surface area contributed by atoms with E-state index in [4.69, 9.17) is 9.26 Å². The maximum absolute atomic E-state index is 13.6. The molecule has 2 aromatic rings. The average molecular weight is 362 g/mol. The molecule has 0 aliphatic heterocycles. The molecule has 1 unspecified atom stereocenters. The van der Waals surface area contributed by atoms with Crippen LogP contribution >= 0.6 is 0 Å². The van der Waals surface area contributed by atoms with Crippen molar-refractivity contribution in [3.8, 4) is 5.75 Å². The van der Waals surface area contributed by atoms with E-state index in [9.17, 15) is 4.39 Å². The Morgan fingerprint density at radius 1 is 1.27 bits per heavy atom. The van der Waals surface area contributed by atoms with Gasteiger partial charge >= 0.3 is 0 Å². The summed E-state index contributed by atoms with van der Waals surface area (Å²) in [6, 6.07) is 8.29. The van der Waals surface area contributed by atoms with Crippen LogP contribution < -0.4 is 15.4 Å². The minimum absolute atomic E-state index is 0.228. The Hall–Kier alpha value is -2.57. The molecule has 0 amide bonds. The van der Waals surface area contributed by atoms with Crippen molar-refractivity contribution in [1.82, 2.24) is 15.8 Å².